The van der Waals surface area contributed by atoms with Gasteiger partial charge in [-0.1, -0.05) is 44.2 Å². The maximum atomic E-state index is 4.58. The fourth-order valence-corrected chi connectivity index (χ4v) is 4.66. The molecule has 0 aliphatic carbocycles. The van der Waals surface area contributed by atoms with E-state index in [9.17, 15) is 0 Å². The molecule has 0 amide bonds. The molecule has 1 unspecified atom stereocenters. The normalized spacial score (nSPS) is 12.6. The molecule has 0 aliphatic heterocycles. The van der Waals surface area contributed by atoms with Gasteiger partial charge in [-0.15, -0.1) is 10.2 Å². The molecule has 0 spiro atoms. The van der Waals surface area contributed by atoms with Gasteiger partial charge in [-0.3, -0.25) is 4.90 Å². The zero-order valence-electron chi connectivity index (χ0n) is 19.1. The highest BCUT2D eigenvalue weighted by atomic mass is 32.2. The first kappa shape index (κ1) is 22.6. The van der Waals surface area contributed by atoms with Crippen LogP contribution in [0.25, 0.3) is 5.69 Å². The van der Waals surface area contributed by atoms with Crippen molar-refractivity contribution in [3.63, 3.8) is 0 Å². The number of benzene rings is 1. The zero-order chi connectivity index (χ0) is 21.7. The molecule has 3 rings (SSSR count). The predicted molar refractivity (Wildman–Crippen MR) is 124 cm³/mol. The number of aryl methyl sites for hydroxylation is 2. The number of nitrogens with zero attached hydrogens (tertiary/aromatic N) is 6. The van der Waals surface area contributed by atoms with E-state index in [1.165, 1.54) is 5.56 Å². The third kappa shape index (κ3) is 5.13. The number of hydrogen-bond acceptors (Lipinski definition) is 5. The second-order valence-electron chi connectivity index (χ2n) is 8.03. The predicted octanol–water partition coefficient (Wildman–Crippen LogP) is 5.19. The Hall–Kier alpha value is -2.12. The minimum absolute atomic E-state index is 0.295. The van der Waals surface area contributed by atoms with Crippen molar-refractivity contribution in [2.24, 2.45) is 0 Å². The number of aromatic nitrogens is 5. The van der Waals surface area contributed by atoms with Gasteiger partial charge < -0.3 is 4.57 Å². The molecule has 2 aromatic heterocycles. The monoisotopic (exact) mass is 426 g/mol. The van der Waals surface area contributed by atoms with E-state index in [-0.39, 0.29) is 0 Å². The van der Waals surface area contributed by atoms with Crippen LogP contribution >= 0.6 is 11.8 Å². The van der Waals surface area contributed by atoms with Crippen molar-refractivity contribution in [2.75, 3.05) is 14.1 Å². The first-order valence-corrected chi connectivity index (χ1v) is 11.8. The molecule has 0 aliphatic rings. The number of rotatable bonds is 10. The molecule has 6 nitrogen and oxygen atoms in total. The molecule has 0 saturated carbocycles. The average molecular weight is 427 g/mol. The lowest BCUT2D eigenvalue weighted by Gasteiger charge is -2.23. The molecule has 2 heterocycles. The van der Waals surface area contributed by atoms with Gasteiger partial charge in [-0.05, 0) is 64.5 Å². The van der Waals surface area contributed by atoms with Gasteiger partial charge in [-0.25, -0.2) is 4.68 Å². The summed E-state index contributed by atoms with van der Waals surface area (Å²) in [4.78, 5) is 2.23. The van der Waals surface area contributed by atoms with E-state index in [2.05, 4.69) is 90.0 Å². The fraction of sp³-hybridized carbons (Fsp3) is 0.522. The van der Waals surface area contributed by atoms with Crippen molar-refractivity contribution < 1.29 is 0 Å². The van der Waals surface area contributed by atoms with Gasteiger partial charge in [0, 0.05) is 18.0 Å². The lowest BCUT2D eigenvalue weighted by molar-refractivity contribution is 0.270. The molecule has 0 N–H and O–H groups in total. The van der Waals surface area contributed by atoms with Gasteiger partial charge in [0.15, 0.2) is 11.0 Å². The van der Waals surface area contributed by atoms with Crippen LogP contribution in [0.15, 0.2) is 35.5 Å². The average Bonchev–Trinajstić information content (AvgIpc) is 3.27. The maximum Gasteiger partial charge on any atom is 0.191 e. The largest absolute Gasteiger partial charge is 0.305 e. The highest BCUT2D eigenvalue weighted by molar-refractivity contribution is 7.98. The van der Waals surface area contributed by atoms with E-state index in [1.807, 2.05) is 11.6 Å². The van der Waals surface area contributed by atoms with E-state index >= 15 is 0 Å². The highest BCUT2D eigenvalue weighted by Gasteiger charge is 2.21. The third-order valence-electron chi connectivity index (χ3n) is 5.35. The molecule has 0 fully saturated rings. The minimum Gasteiger partial charge on any atom is -0.305 e. The Morgan fingerprint density at radius 2 is 1.80 bits per heavy atom. The summed E-state index contributed by atoms with van der Waals surface area (Å²) in [5.41, 5.74) is 4.56. The Morgan fingerprint density at radius 1 is 1.07 bits per heavy atom. The molecule has 1 aromatic carbocycles. The second-order valence-corrected chi connectivity index (χ2v) is 8.97. The smallest absolute Gasteiger partial charge is 0.191 e. The summed E-state index contributed by atoms with van der Waals surface area (Å²) in [5, 5.41) is 14.7. The van der Waals surface area contributed by atoms with Gasteiger partial charge in [0.1, 0.15) is 0 Å². The Morgan fingerprint density at radius 3 is 2.37 bits per heavy atom. The van der Waals surface area contributed by atoms with Crippen LogP contribution in [0.5, 0.6) is 0 Å². The summed E-state index contributed by atoms with van der Waals surface area (Å²) in [5.74, 6) is 1.96. The molecule has 162 valence electrons. The number of thioether (sulfide) groups is 1. The molecule has 7 heteroatoms. The van der Waals surface area contributed by atoms with Crippen LogP contribution in [-0.4, -0.2) is 43.5 Å². The molecule has 3 aromatic rings. The van der Waals surface area contributed by atoms with Crippen LogP contribution in [0.1, 0.15) is 61.9 Å². The highest BCUT2D eigenvalue weighted by Crippen LogP contribution is 2.28. The molecular weight excluding hydrogens is 392 g/mol. The third-order valence-corrected chi connectivity index (χ3v) is 6.39. The van der Waals surface area contributed by atoms with E-state index < -0.39 is 0 Å². The number of unbranched alkanes of at least 4 members (excludes halogenated alkanes) is 1. The van der Waals surface area contributed by atoms with Crippen LogP contribution in [0, 0.1) is 13.8 Å². The van der Waals surface area contributed by atoms with Crippen molar-refractivity contribution in [3.8, 4) is 5.69 Å². The topological polar surface area (TPSA) is 51.8 Å². The molecule has 1 atom stereocenters. The molecule has 0 saturated heterocycles. The van der Waals surface area contributed by atoms with Crippen molar-refractivity contribution >= 4 is 11.8 Å². The van der Waals surface area contributed by atoms with Gasteiger partial charge >= 0.3 is 0 Å². The molecule has 30 heavy (non-hydrogen) atoms. The van der Waals surface area contributed by atoms with E-state index in [0.717, 1.165) is 59.6 Å². The first-order chi connectivity index (χ1) is 14.4. The Labute approximate surface area is 184 Å². The summed E-state index contributed by atoms with van der Waals surface area (Å²) in [6, 6.07) is 11.0. The lowest BCUT2D eigenvalue weighted by Crippen LogP contribution is -2.23. The summed E-state index contributed by atoms with van der Waals surface area (Å²) in [6.07, 6.45) is 3.32. The van der Waals surface area contributed by atoms with Gasteiger partial charge in [0.2, 0.25) is 0 Å². The lowest BCUT2D eigenvalue weighted by atomic mass is 10.2. The Balaban J connectivity index is 1.74. The molecule has 0 bridgehead atoms. The summed E-state index contributed by atoms with van der Waals surface area (Å²) < 4.78 is 4.32. The van der Waals surface area contributed by atoms with Crippen molar-refractivity contribution in [1.82, 2.24) is 29.4 Å². The summed E-state index contributed by atoms with van der Waals surface area (Å²) >= 11 is 1.77. The first-order valence-electron chi connectivity index (χ1n) is 10.8. The number of hydrogen-bond donors (Lipinski definition) is 0. The van der Waals surface area contributed by atoms with Gasteiger partial charge in [0.05, 0.1) is 17.4 Å². The van der Waals surface area contributed by atoms with E-state index in [4.69, 9.17) is 0 Å². The second kappa shape index (κ2) is 10.3. The van der Waals surface area contributed by atoms with Crippen LogP contribution < -0.4 is 0 Å². The van der Waals surface area contributed by atoms with Crippen molar-refractivity contribution in [1.29, 1.82) is 0 Å². The van der Waals surface area contributed by atoms with Crippen LogP contribution in [0.3, 0.4) is 0 Å². The molecule has 0 radical (unpaired) electrons. The van der Waals surface area contributed by atoms with E-state index in [0.29, 0.717) is 6.04 Å². The van der Waals surface area contributed by atoms with E-state index in [1.54, 1.807) is 11.8 Å². The zero-order valence-corrected chi connectivity index (χ0v) is 19.9. The van der Waals surface area contributed by atoms with Gasteiger partial charge in [-0.2, -0.15) is 5.10 Å². The standard InChI is InChI=1S/C23H34N6S/c1-7-9-14-28-22(21(8-2)27(5)6)24-25-23(28)30-16-19-10-12-20(13-11-19)29-18(4)15-17(3)26-29/h10-13,15,21H,7-9,14,16H2,1-6H3. The van der Waals surface area contributed by atoms with Crippen molar-refractivity contribution in [3.05, 3.63) is 53.1 Å². The summed E-state index contributed by atoms with van der Waals surface area (Å²) in [6.45, 7) is 9.52. The maximum absolute atomic E-state index is 4.58. The quantitative estimate of drug-likeness (QED) is 0.418. The van der Waals surface area contributed by atoms with Crippen LogP contribution in [-0.2, 0) is 12.3 Å². The SMILES string of the molecule is CCCCn1c(SCc2ccc(-n3nc(C)cc3C)cc2)nnc1C(CC)N(C)C. The summed E-state index contributed by atoms with van der Waals surface area (Å²) in [7, 11) is 4.23. The fourth-order valence-electron chi connectivity index (χ4n) is 3.73. The Kier molecular flexibility index (Phi) is 7.72. The Bertz CT molecular complexity index is 941. The van der Waals surface area contributed by atoms with Gasteiger partial charge in [0.25, 0.3) is 0 Å². The van der Waals surface area contributed by atoms with Crippen LogP contribution in [0.2, 0.25) is 0 Å². The molecular formula is C23H34N6S. The van der Waals surface area contributed by atoms with Crippen LogP contribution in [0.4, 0.5) is 0 Å². The van der Waals surface area contributed by atoms with Crippen molar-refractivity contribution in [2.45, 2.75) is 70.5 Å². The minimum atomic E-state index is 0.295.